The van der Waals surface area contributed by atoms with Gasteiger partial charge >= 0.3 is 12.0 Å². The zero-order valence-corrected chi connectivity index (χ0v) is 9.20. The van der Waals surface area contributed by atoms with Gasteiger partial charge in [-0.05, 0) is 18.8 Å². The number of carboxylic acid groups (broad SMARTS) is 1. The molecular weight excluding hydrogens is 212 g/mol. The van der Waals surface area contributed by atoms with Gasteiger partial charge < -0.3 is 20.5 Å². The third-order valence-electron chi connectivity index (χ3n) is 2.53. The third-order valence-corrected chi connectivity index (χ3v) is 2.53. The summed E-state index contributed by atoms with van der Waals surface area (Å²) in [7, 11) is 0. The second-order valence-corrected chi connectivity index (χ2v) is 3.88. The van der Waals surface area contributed by atoms with E-state index in [1.54, 1.807) is 0 Å². The quantitative estimate of drug-likeness (QED) is 0.545. The summed E-state index contributed by atoms with van der Waals surface area (Å²) < 4.78 is 4.76. The summed E-state index contributed by atoms with van der Waals surface area (Å²) >= 11 is 0. The molecule has 0 aromatic heterocycles. The number of carbonyl (C=O) groups is 2. The molecule has 0 aromatic rings. The summed E-state index contributed by atoms with van der Waals surface area (Å²) in [6.07, 6.45) is 3.65. The highest BCUT2D eigenvalue weighted by Crippen LogP contribution is 2.24. The van der Waals surface area contributed by atoms with Crippen LogP contribution in [0.25, 0.3) is 0 Å². The molecule has 3 N–H and O–H groups in total. The van der Waals surface area contributed by atoms with E-state index in [0.29, 0.717) is 12.5 Å². The first-order chi connectivity index (χ1) is 7.68. The van der Waals surface area contributed by atoms with Crippen molar-refractivity contribution in [3.63, 3.8) is 0 Å². The average molecular weight is 230 g/mol. The maximum atomic E-state index is 11.2. The van der Waals surface area contributed by atoms with Crippen molar-refractivity contribution >= 4 is 12.0 Å². The van der Waals surface area contributed by atoms with E-state index >= 15 is 0 Å². The van der Waals surface area contributed by atoms with Crippen LogP contribution in [0.15, 0.2) is 0 Å². The summed E-state index contributed by atoms with van der Waals surface area (Å²) in [5, 5.41) is 13.6. The molecule has 0 heterocycles. The van der Waals surface area contributed by atoms with Gasteiger partial charge in [-0.3, -0.25) is 0 Å². The van der Waals surface area contributed by atoms with Crippen molar-refractivity contribution < 1.29 is 19.4 Å². The van der Waals surface area contributed by atoms with Crippen molar-refractivity contribution in [2.24, 2.45) is 5.92 Å². The number of carboxylic acids is 1. The normalized spacial score (nSPS) is 15.2. The summed E-state index contributed by atoms with van der Waals surface area (Å²) in [5.41, 5.74) is 0. The van der Waals surface area contributed by atoms with Gasteiger partial charge in [-0.25, -0.2) is 9.59 Å². The minimum absolute atomic E-state index is 0.211. The number of carbonyl (C=O) groups excluding carboxylic acids is 1. The highest BCUT2D eigenvalue weighted by Gasteiger charge is 2.17. The average Bonchev–Trinajstić information content (AvgIpc) is 2.14. The molecule has 1 fully saturated rings. The van der Waals surface area contributed by atoms with Crippen LogP contribution in [-0.4, -0.2) is 43.4 Å². The zero-order chi connectivity index (χ0) is 11.8. The van der Waals surface area contributed by atoms with Gasteiger partial charge in [0, 0.05) is 13.1 Å². The molecule has 1 aliphatic carbocycles. The van der Waals surface area contributed by atoms with Crippen molar-refractivity contribution in [3.05, 3.63) is 0 Å². The Hall–Kier alpha value is -1.30. The SMILES string of the molecule is O=C(O)COCCNC(=O)NCC1CCC1. The molecule has 6 nitrogen and oxygen atoms in total. The molecule has 1 saturated carbocycles. The van der Waals surface area contributed by atoms with Crippen LogP contribution in [0.1, 0.15) is 19.3 Å². The van der Waals surface area contributed by atoms with Gasteiger partial charge in [-0.15, -0.1) is 0 Å². The maximum Gasteiger partial charge on any atom is 0.329 e. The molecule has 16 heavy (non-hydrogen) atoms. The predicted octanol–water partition coefficient (Wildman–Crippen LogP) is 0.187. The van der Waals surface area contributed by atoms with E-state index in [-0.39, 0.29) is 19.2 Å². The van der Waals surface area contributed by atoms with E-state index < -0.39 is 5.97 Å². The Bertz CT molecular complexity index is 241. The molecule has 0 unspecified atom stereocenters. The Labute approximate surface area is 94.3 Å². The topological polar surface area (TPSA) is 87.7 Å². The lowest BCUT2D eigenvalue weighted by Gasteiger charge is -2.25. The Kier molecular flexibility index (Phi) is 5.63. The lowest BCUT2D eigenvalue weighted by molar-refractivity contribution is -0.142. The van der Waals surface area contributed by atoms with Gasteiger partial charge in [-0.1, -0.05) is 6.42 Å². The van der Waals surface area contributed by atoms with E-state index in [4.69, 9.17) is 9.84 Å². The van der Waals surface area contributed by atoms with E-state index in [2.05, 4.69) is 10.6 Å². The largest absolute Gasteiger partial charge is 0.480 e. The minimum Gasteiger partial charge on any atom is -0.480 e. The summed E-state index contributed by atoms with van der Waals surface area (Å²) in [6, 6.07) is -0.217. The van der Waals surface area contributed by atoms with Gasteiger partial charge in [-0.2, -0.15) is 0 Å². The first-order valence-corrected chi connectivity index (χ1v) is 5.49. The van der Waals surface area contributed by atoms with Crippen LogP contribution in [0.3, 0.4) is 0 Å². The predicted molar refractivity (Wildman–Crippen MR) is 57.2 cm³/mol. The number of nitrogens with one attached hydrogen (secondary N) is 2. The van der Waals surface area contributed by atoms with Crippen molar-refractivity contribution in [1.82, 2.24) is 10.6 Å². The monoisotopic (exact) mass is 230 g/mol. The van der Waals surface area contributed by atoms with E-state index in [9.17, 15) is 9.59 Å². The van der Waals surface area contributed by atoms with Crippen LogP contribution < -0.4 is 10.6 Å². The fourth-order valence-electron chi connectivity index (χ4n) is 1.39. The molecule has 1 aliphatic rings. The molecule has 6 heteroatoms. The fraction of sp³-hybridized carbons (Fsp3) is 0.800. The molecule has 92 valence electrons. The molecule has 0 atom stereocenters. The van der Waals surface area contributed by atoms with E-state index in [0.717, 1.165) is 6.54 Å². The molecular formula is C10H18N2O4. The fourth-order valence-corrected chi connectivity index (χ4v) is 1.39. The van der Waals surface area contributed by atoms with Crippen LogP contribution >= 0.6 is 0 Å². The molecule has 0 bridgehead atoms. The second kappa shape index (κ2) is 7.05. The first-order valence-electron chi connectivity index (χ1n) is 5.49. The van der Waals surface area contributed by atoms with Gasteiger partial charge in [0.1, 0.15) is 6.61 Å². The highest BCUT2D eigenvalue weighted by atomic mass is 16.5. The highest BCUT2D eigenvalue weighted by molar-refractivity contribution is 5.73. The Morgan fingerprint density at radius 2 is 2.06 bits per heavy atom. The number of aliphatic carboxylic acids is 1. The van der Waals surface area contributed by atoms with Crippen molar-refractivity contribution in [1.29, 1.82) is 0 Å². The van der Waals surface area contributed by atoms with Gasteiger partial charge in [0.05, 0.1) is 6.61 Å². The molecule has 0 saturated heterocycles. The number of amides is 2. The van der Waals surface area contributed by atoms with Gasteiger partial charge in [0.25, 0.3) is 0 Å². The number of rotatable bonds is 7. The second-order valence-electron chi connectivity index (χ2n) is 3.88. The molecule has 2 amide bonds. The first kappa shape index (κ1) is 12.8. The van der Waals surface area contributed by atoms with Crippen LogP contribution in [0.4, 0.5) is 4.79 Å². The van der Waals surface area contributed by atoms with E-state index in [1.807, 2.05) is 0 Å². The summed E-state index contributed by atoms with van der Waals surface area (Å²) in [5.74, 6) is -0.372. The molecule has 0 aromatic carbocycles. The maximum absolute atomic E-state index is 11.2. The standard InChI is InChI=1S/C10H18N2O4/c13-9(14)7-16-5-4-11-10(15)12-6-8-2-1-3-8/h8H,1-7H2,(H,13,14)(H2,11,12,15). The van der Waals surface area contributed by atoms with Crippen LogP contribution in [0.2, 0.25) is 0 Å². The molecule has 0 radical (unpaired) electrons. The number of urea groups is 1. The smallest absolute Gasteiger partial charge is 0.329 e. The third kappa shape index (κ3) is 5.55. The van der Waals surface area contributed by atoms with Crippen molar-refractivity contribution in [2.45, 2.75) is 19.3 Å². The zero-order valence-electron chi connectivity index (χ0n) is 9.20. The Balaban J connectivity index is 1.87. The lowest BCUT2D eigenvalue weighted by atomic mass is 9.85. The number of ether oxygens (including phenoxy) is 1. The summed E-state index contributed by atoms with van der Waals surface area (Å²) in [4.78, 5) is 21.3. The Morgan fingerprint density at radius 3 is 2.62 bits per heavy atom. The molecule has 1 rings (SSSR count). The summed E-state index contributed by atoms with van der Waals surface area (Å²) in [6.45, 7) is 0.931. The van der Waals surface area contributed by atoms with Crippen molar-refractivity contribution in [3.8, 4) is 0 Å². The number of hydrogen-bond acceptors (Lipinski definition) is 3. The lowest BCUT2D eigenvalue weighted by Crippen LogP contribution is -2.40. The number of hydrogen-bond donors (Lipinski definition) is 3. The molecule has 0 aliphatic heterocycles. The Morgan fingerprint density at radius 1 is 1.31 bits per heavy atom. The van der Waals surface area contributed by atoms with Gasteiger partial charge in [0.15, 0.2) is 0 Å². The van der Waals surface area contributed by atoms with Crippen LogP contribution in [0.5, 0.6) is 0 Å². The molecule has 0 spiro atoms. The van der Waals surface area contributed by atoms with Crippen molar-refractivity contribution in [2.75, 3.05) is 26.3 Å². The van der Waals surface area contributed by atoms with E-state index in [1.165, 1.54) is 19.3 Å². The minimum atomic E-state index is -1.01. The van der Waals surface area contributed by atoms with Crippen LogP contribution in [-0.2, 0) is 9.53 Å². The van der Waals surface area contributed by atoms with Gasteiger partial charge in [0.2, 0.25) is 0 Å². The van der Waals surface area contributed by atoms with Crippen LogP contribution in [0, 0.1) is 5.92 Å².